The van der Waals surface area contributed by atoms with Gasteiger partial charge >= 0.3 is 0 Å². The molecule has 3 rings (SSSR count). The average molecular weight is 281 g/mol. The Kier molecular flexibility index (Phi) is 4.15. The zero-order chi connectivity index (χ0) is 14.5. The minimum atomic E-state index is -0.0615. The molecule has 1 aromatic heterocycles. The molecule has 0 aliphatic carbocycles. The lowest BCUT2D eigenvalue weighted by atomic mass is 10.2. The van der Waals surface area contributed by atoms with Crippen LogP contribution in [0.25, 0.3) is 0 Å². The van der Waals surface area contributed by atoms with E-state index in [1.165, 1.54) is 18.5 Å². The lowest BCUT2D eigenvalue weighted by Gasteiger charge is -2.17. The van der Waals surface area contributed by atoms with Crippen LogP contribution in [0, 0.1) is 0 Å². The van der Waals surface area contributed by atoms with Crippen LogP contribution in [-0.2, 0) is 6.54 Å². The molecule has 1 saturated heterocycles. The largest absolute Gasteiger partial charge is 0.372 e. The first-order valence-corrected chi connectivity index (χ1v) is 7.36. The van der Waals surface area contributed by atoms with Crippen LogP contribution in [0.3, 0.4) is 0 Å². The minimum absolute atomic E-state index is 0.0615. The van der Waals surface area contributed by atoms with Crippen LogP contribution < -0.4 is 10.2 Å². The number of carbonyl (C=O) groups is 1. The third-order valence-electron chi connectivity index (χ3n) is 3.76. The van der Waals surface area contributed by atoms with E-state index in [4.69, 9.17) is 0 Å². The monoisotopic (exact) mass is 281 g/mol. The highest BCUT2D eigenvalue weighted by molar-refractivity contribution is 5.94. The van der Waals surface area contributed by atoms with Crippen molar-refractivity contribution < 1.29 is 4.79 Å². The molecule has 0 bridgehead atoms. The molecule has 4 heteroatoms. The van der Waals surface area contributed by atoms with Crippen molar-refractivity contribution in [3.63, 3.8) is 0 Å². The van der Waals surface area contributed by atoms with Crippen LogP contribution in [0.2, 0.25) is 0 Å². The highest BCUT2D eigenvalue weighted by Crippen LogP contribution is 2.20. The number of hydrogen-bond donors (Lipinski definition) is 1. The number of nitrogens with one attached hydrogen (secondary N) is 1. The molecule has 0 saturated carbocycles. The van der Waals surface area contributed by atoms with Gasteiger partial charge in [-0.1, -0.05) is 6.07 Å². The Morgan fingerprint density at radius 1 is 1.10 bits per heavy atom. The van der Waals surface area contributed by atoms with E-state index in [1.54, 1.807) is 6.20 Å². The van der Waals surface area contributed by atoms with Gasteiger partial charge in [-0.3, -0.25) is 9.78 Å². The second-order valence-electron chi connectivity index (χ2n) is 5.24. The van der Waals surface area contributed by atoms with Gasteiger partial charge in [-0.25, -0.2) is 0 Å². The quantitative estimate of drug-likeness (QED) is 0.937. The van der Waals surface area contributed by atoms with Crippen molar-refractivity contribution in [1.29, 1.82) is 0 Å². The highest BCUT2D eigenvalue weighted by Gasteiger charge is 2.13. The van der Waals surface area contributed by atoms with Crippen LogP contribution in [0.4, 0.5) is 5.69 Å². The molecule has 21 heavy (non-hydrogen) atoms. The molecule has 0 spiro atoms. The summed E-state index contributed by atoms with van der Waals surface area (Å²) >= 11 is 0. The summed E-state index contributed by atoms with van der Waals surface area (Å²) < 4.78 is 0. The molecule has 2 aromatic rings. The second-order valence-corrected chi connectivity index (χ2v) is 5.24. The fourth-order valence-corrected chi connectivity index (χ4v) is 2.57. The smallest absolute Gasteiger partial charge is 0.251 e. The van der Waals surface area contributed by atoms with Gasteiger partial charge in [0.1, 0.15) is 0 Å². The van der Waals surface area contributed by atoms with Gasteiger partial charge in [0.25, 0.3) is 5.91 Å². The topological polar surface area (TPSA) is 45.2 Å². The molecule has 1 fully saturated rings. The summed E-state index contributed by atoms with van der Waals surface area (Å²) in [5.74, 6) is -0.0615. The lowest BCUT2D eigenvalue weighted by molar-refractivity contribution is 0.0950. The van der Waals surface area contributed by atoms with E-state index < -0.39 is 0 Å². The molecule has 2 heterocycles. The number of aromatic nitrogens is 1. The molecule has 0 atom stereocenters. The number of pyridine rings is 1. The zero-order valence-corrected chi connectivity index (χ0v) is 12.0. The highest BCUT2D eigenvalue weighted by atomic mass is 16.1. The van der Waals surface area contributed by atoms with Crippen molar-refractivity contribution in [2.45, 2.75) is 19.4 Å². The SMILES string of the molecule is O=C(NCc1ccccn1)c1ccc(N2CCCC2)cc1. The Morgan fingerprint density at radius 2 is 1.86 bits per heavy atom. The molecular weight excluding hydrogens is 262 g/mol. The Labute approximate surface area is 124 Å². The lowest BCUT2D eigenvalue weighted by Crippen LogP contribution is -2.23. The molecule has 1 aliphatic heterocycles. The van der Waals surface area contributed by atoms with Crippen LogP contribution in [0.5, 0.6) is 0 Å². The van der Waals surface area contributed by atoms with E-state index in [2.05, 4.69) is 15.2 Å². The Bertz CT molecular complexity index is 589. The summed E-state index contributed by atoms with van der Waals surface area (Å²) in [6, 6.07) is 13.5. The molecule has 4 nitrogen and oxygen atoms in total. The van der Waals surface area contributed by atoms with Crippen molar-refractivity contribution in [1.82, 2.24) is 10.3 Å². The maximum Gasteiger partial charge on any atom is 0.251 e. The van der Waals surface area contributed by atoms with Crippen LogP contribution in [0.1, 0.15) is 28.9 Å². The fourth-order valence-electron chi connectivity index (χ4n) is 2.57. The third kappa shape index (κ3) is 3.40. The third-order valence-corrected chi connectivity index (χ3v) is 3.76. The minimum Gasteiger partial charge on any atom is -0.372 e. The van der Waals surface area contributed by atoms with Crippen molar-refractivity contribution in [3.8, 4) is 0 Å². The number of rotatable bonds is 4. The first kappa shape index (κ1) is 13.6. The Hall–Kier alpha value is -2.36. The van der Waals surface area contributed by atoms with E-state index in [-0.39, 0.29) is 5.91 Å². The van der Waals surface area contributed by atoms with Crippen LogP contribution in [0.15, 0.2) is 48.7 Å². The number of benzene rings is 1. The van der Waals surface area contributed by atoms with Gasteiger partial charge in [0, 0.05) is 30.5 Å². The summed E-state index contributed by atoms with van der Waals surface area (Å²) in [6.45, 7) is 2.68. The van der Waals surface area contributed by atoms with Crippen LogP contribution >= 0.6 is 0 Å². The maximum absolute atomic E-state index is 12.1. The molecule has 1 aliphatic rings. The average Bonchev–Trinajstić information content (AvgIpc) is 3.08. The second kappa shape index (κ2) is 6.39. The molecule has 1 amide bonds. The van der Waals surface area contributed by atoms with Gasteiger partial charge in [0.05, 0.1) is 12.2 Å². The van der Waals surface area contributed by atoms with Crippen molar-refractivity contribution in [2.24, 2.45) is 0 Å². The summed E-state index contributed by atoms with van der Waals surface area (Å²) in [4.78, 5) is 18.6. The number of hydrogen-bond acceptors (Lipinski definition) is 3. The Balaban J connectivity index is 1.59. The summed E-state index contributed by atoms with van der Waals surface area (Å²) in [6.07, 6.45) is 4.24. The standard InChI is InChI=1S/C17H19N3O/c21-17(19-13-15-5-1-2-10-18-15)14-6-8-16(9-7-14)20-11-3-4-12-20/h1-2,5-10H,3-4,11-13H2,(H,19,21). The molecule has 0 unspecified atom stereocenters. The van der Waals surface area contributed by atoms with Crippen molar-refractivity contribution in [3.05, 3.63) is 59.9 Å². The van der Waals surface area contributed by atoms with Crippen molar-refractivity contribution >= 4 is 11.6 Å². The number of carbonyl (C=O) groups excluding carboxylic acids is 1. The molecule has 1 aromatic carbocycles. The van der Waals surface area contributed by atoms with E-state index in [0.29, 0.717) is 12.1 Å². The summed E-state index contributed by atoms with van der Waals surface area (Å²) in [5.41, 5.74) is 2.75. The molecular formula is C17H19N3O. The van der Waals surface area contributed by atoms with E-state index >= 15 is 0 Å². The van der Waals surface area contributed by atoms with Gasteiger partial charge in [0.2, 0.25) is 0 Å². The molecule has 1 N–H and O–H groups in total. The van der Waals surface area contributed by atoms with Gasteiger partial charge in [-0.05, 0) is 49.2 Å². The zero-order valence-electron chi connectivity index (χ0n) is 12.0. The van der Waals surface area contributed by atoms with Gasteiger partial charge in [0.15, 0.2) is 0 Å². The predicted molar refractivity (Wildman–Crippen MR) is 83.3 cm³/mol. The molecule has 108 valence electrons. The fraction of sp³-hybridized carbons (Fsp3) is 0.294. The van der Waals surface area contributed by atoms with E-state index in [9.17, 15) is 4.79 Å². The van der Waals surface area contributed by atoms with Gasteiger partial charge in [-0.15, -0.1) is 0 Å². The summed E-state index contributed by atoms with van der Waals surface area (Å²) in [5, 5.41) is 2.89. The molecule has 0 radical (unpaired) electrons. The van der Waals surface area contributed by atoms with E-state index in [1.807, 2.05) is 42.5 Å². The van der Waals surface area contributed by atoms with Crippen LogP contribution in [-0.4, -0.2) is 24.0 Å². The van der Waals surface area contributed by atoms with Gasteiger partial charge < -0.3 is 10.2 Å². The maximum atomic E-state index is 12.1. The van der Waals surface area contributed by atoms with Gasteiger partial charge in [-0.2, -0.15) is 0 Å². The number of amides is 1. The normalized spacial score (nSPS) is 14.2. The Morgan fingerprint density at radius 3 is 2.52 bits per heavy atom. The van der Waals surface area contributed by atoms with E-state index in [0.717, 1.165) is 18.8 Å². The number of anilines is 1. The summed E-state index contributed by atoms with van der Waals surface area (Å²) in [7, 11) is 0. The first-order chi connectivity index (χ1) is 10.3. The first-order valence-electron chi connectivity index (χ1n) is 7.36. The predicted octanol–water partition coefficient (Wildman–Crippen LogP) is 2.61. The number of nitrogens with zero attached hydrogens (tertiary/aromatic N) is 2. The van der Waals surface area contributed by atoms with Crippen molar-refractivity contribution in [2.75, 3.05) is 18.0 Å².